The van der Waals surface area contributed by atoms with Crippen LogP contribution in [0.2, 0.25) is 0 Å². The molecule has 0 spiro atoms. The molecular weight excluding hydrogens is 200 g/mol. The lowest BCUT2D eigenvalue weighted by Crippen LogP contribution is -2.31. The maximum Gasteiger partial charge on any atom is 0.221 e. The first-order chi connectivity index (χ1) is 7.74. The lowest BCUT2D eigenvalue weighted by molar-refractivity contribution is -0.121. The van der Waals surface area contributed by atoms with Gasteiger partial charge in [-0.25, -0.2) is 0 Å². The standard InChI is InChI=1S/C13H28N2O/c1-4-7-8-12(5-2)11-15-13(16)9-10-14-6-3/h12,14H,4-11H2,1-3H3,(H,15,16). The molecule has 2 N–H and O–H groups in total. The molecule has 3 nitrogen and oxygen atoms in total. The van der Waals surface area contributed by atoms with E-state index in [2.05, 4.69) is 31.4 Å². The normalized spacial score (nSPS) is 12.4. The fraction of sp³-hybridized carbons (Fsp3) is 0.923. The van der Waals surface area contributed by atoms with Crippen LogP contribution in [-0.2, 0) is 4.79 Å². The molecule has 0 aliphatic carbocycles. The van der Waals surface area contributed by atoms with Gasteiger partial charge in [-0.1, -0.05) is 40.0 Å². The van der Waals surface area contributed by atoms with Gasteiger partial charge < -0.3 is 10.6 Å². The fourth-order valence-corrected chi connectivity index (χ4v) is 1.67. The maximum absolute atomic E-state index is 11.5. The molecule has 0 aromatic carbocycles. The summed E-state index contributed by atoms with van der Waals surface area (Å²) in [4.78, 5) is 11.5. The molecule has 0 radical (unpaired) electrons. The van der Waals surface area contributed by atoms with Crippen molar-refractivity contribution in [2.75, 3.05) is 19.6 Å². The predicted molar refractivity (Wildman–Crippen MR) is 69.5 cm³/mol. The Morgan fingerprint density at radius 2 is 2.00 bits per heavy atom. The van der Waals surface area contributed by atoms with Gasteiger partial charge in [-0.05, 0) is 18.9 Å². The minimum absolute atomic E-state index is 0.177. The molecule has 0 bridgehead atoms. The highest BCUT2D eigenvalue weighted by Crippen LogP contribution is 2.11. The first-order valence-corrected chi connectivity index (χ1v) is 6.71. The SMILES string of the molecule is CCCCC(CC)CNC(=O)CCNCC. The summed E-state index contributed by atoms with van der Waals surface area (Å²) in [7, 11) is 0. The Balaban J connectivity index is 3.54. The molecule has 0 aromatic rings. The van der Waals surface area contributed by atoms with Crippen molar-refractivity contribution in [3.05, 3.63) is 0 Å². The molecular formula is C13H28N2O. The van der Waals surface area contributed by atoms with E-state index in [0.29, 0.717) is 12.3 Å². The van der Waals surface area contributed by atoms with Crippen LogP contribution in [0.25, 0.3) is 0 Å². The monoisotopic (exact) mass is 228 g/mol. The van der Waals surface area contributed by atoms with Gasteiger partial charge in [-0.2, -0.15) is 0 Å². The second-order valence-electron chi connectivity index (χ2n) is 4.32. The average Bonchev–Trinajstić information content (AvgIpc) is 2.30. The van der Waals surface area contributed by atoms with Gasteiger partial charge in [0.05, 0.1) is 0 Å². The summed E-state index contributed by atoms with van der Waals surface area (Å²) in [5, 5.41) is 6.18. The molecule has 0 aromatic heterocycles. The van der Waals surface area contributed by atoms with Gasteiger partial charge in [-0.15, -0.1) is 0 Å². The Bertz CT molecular complexity index is 171. The average molecular weight is 228 g/mol. The summed E-state index contributed by atoms with van der Waals surface area (Å²) >= 11 is 0. The maximum atomic E-state index is 11.5. The summed E-state index contributed by atoms with van der Waals surface area (Å²) in [5.41, 5.74) is 0. The van der Waals surface area contributed by atoms with Crippen LogP contribution in [0.5, 0.6) is 0 Å². The van der Waals surface area contributed by atoms with Gasteiger partial charge in [0.1, 0.15) is 0 Å². The number of carbonyl (C=O) groups is 1. The first-order valence-electron chi connectivity index (χ1n) is 6.71. The van der Waals surface area contributed by atoms with E-state index >= 15 is 0 Å². The van der Waals surface area contributed by atoms with E-state index in [1.165, 1.54) is 19.3 Å². The molecule has 0 aliphatic rings. The first kappa shape index (κ1) is 15.4. The second kappa shape index (κ2) is 10.9. The summed E-state index contributed by atoms with van der Waals surface area (Å²) in [6.45, 7) is 9.03. The largest absolute Gasteiger partial charge is 0.356 e. The van der Waals surface area contributed by atoms with Crippen molar-refractivity contribution in [1.29, 1.82) is 0 Å². The molecule has 1 unspecified atom stereocenters. The van der Waals surface area contributed by atoms with E-state index in [4.69, 9.17) is 0 Å². The van der Waals surface area contributed by atoms with Gasteiger partial charge >= 0.3 is 0 Å². The number of unbranched alkanes of at least 4 members (excludes halogenated alkanes) is 1. The zero-order chi connectivity index (χ0) is 12.2. The Morgan fingerprint density at radius 3 is 2.56 bits per heavy atom. The minimum Gasteiger partial charge on any atom is -0.356 e. The fourth-order valence-electron chi connectivity index (χ4n) is 1.67. The van der Waals surface area contributed by atoms with E-state index in [1.54, 1.807) is 0 Å². The smallest absolute Gasteiger partial charge is 0.221 e. The van der Waals surface area contributed by atoms with Gasteiger partial charge in [0.2, 0.25) is 5.91 Å². The van der Waals surface area contributed by atoms with Crippen molar-refractivity contribution in [3.63, 3.8) is 0 Å². The third-order valence-electron chi connectivity index (χ3n) is 2.91. The van der Waals surface area contributed by atoms with Gasteiger partial charge in [0.15, 0.2) is 0 Å². The van der Waals surface area contributed by atoms with Crippen LogP contribution >= 0.6 is 0 Å². The van der Waals surface area contributed by atoms with E-state index in [1.807, 2.05) is 0 Å². The van der Waals surface area contributed by atoms with Crippen molar-refractivity contribution in [3.8, 4) is 0 Å². The molecule has 0 saturated carbocycles. The quantitative estimate of drug-likeness (QED) is 0.563. The summed E-state index contributed by atoms with van der Waals surface area (Å²) < 4.78 is 0. The van der Waals surface area contributed by atoms with Crippen molar-refractivity contribution >= 4 is 5.91 Å². The third-order valence-corrected chi connectivity index (χ3v) is 2.91. The molecule has 96 valence electrons. The van der Waals surface area contributed by atoms with Crippen LogP contribution in [0.15, 0.2) is 0 Å². The molecule has 0 aliphatic heterocycles. The molecule has 1 amide bonds. The van der Waals surface area contributed by atoms with Crippen LogP contribution in [0, 0.1) is 5.92 Å². The lowest BCUT2D eigenvalue weighted by atomic mass is 9.99. The second-order valence-corrected chi connectivity index (χ2v) is 4.32. The number of nitrogens with one attached hydrogen (secondary N) is 2. The van der Waals surface area contributed by atoms with Crippen LogP contribution in [0.3, 0.4) is 0 Å². The topological polar surface area (TPSA) is 41.1 Å². The Hall–Kier alpha value is -0.570. The van der Waals surface area contributed by atoms with Gasteiger partial charge in [-0.3, -0.25) is 4.79 Å². The van der Waals surface area contributed by atoms with E-state index < -0.39 is 0 Å². The molecule has 0 rings (SSSR count). The highest BCUT2D eigenvalue weighted by molar-refractivity contribution is 5.76. The number of rotatable bonds is 10. The van der Waals surface area contributed by atoms with Crippen LogP contribution in [-0.4, -0.2) is 25.5 Å². The highest BCUT2D eigenvalue weighted by Gasteiger charge is 2.07. The van der Waals surface area contributed by atoms with Gasteiger partial charge in [0, 0.05) is 19.5 Å². The summed E-state index contributed by atoms with van der Waals surface area (Å²) in [6, 6.07) is 0. The molecule has 0 fully saturated rings. The zero-order valence-electron chi connectivity index (χ0n) is 11.1. The summed E-state index contributed by atoms with van der Waals surface area (Å²) in [5.74, 6) is 0.832. The molecule has 0 saturated heterocycles. The van der Waals surface area contributed by atoms with E-state index in [0.717, 1.165) is 26.1 Å². The molecule has 1 atom stereocenters. The van der Waals surface area contributed by atoms with E-state index in [-0.39, 0.29) is 5.91 Å². The third kappa shape index (κ3) is 8.72. The molecule has 16 heavy (non-hydrogen) atoms. The minimum atomic E-state index is 0.177. The number of amides is 1. The highest BCUT2D eigenvalue weighted by atomic mass is 16.1. The van der Waals surface area contributed by atoms with Crippen molar-refractivity contribution < 1.29 is 4.79 Å². The van der Waals surface area contributed by atoms with Crippen molar-refractivity contribution in [1.82, 2.24) is 10.6 Å². The number of hydrogen-bond donors (Lipinski definition) is 2. The number of carbonyl (C=O) groups excluding carboxylic acids is 1. The molecule has 3 heteroatoms. The van der Waals surface area contributed by atoms with Gasteiger partial charge in [0.25, 0.3) is 0 Å². The summed E-state index contributed by atoms with van der Waals surface area (Å²) in [6.07, 6.45) is 5.50. The van der Waals surface area contributed by atoms with E-state index in [9.17, 15) is 4.79 Å². The van der Waals surface area contributed by atoms with Crippen molar-refractivity contribution in [2.45, 2.75) is 52.9 Å². The van der Waals surface area contributed by atoms with Crippen LogP contribution < -0.4 is 10.6 Å². The van der Waals surface area contributed by atoms with Crippen LogP contribution in [0.1, 0.15) is 52.9 Å². The number of hydrogen-bond acceptors (Lipinski definition) is 2. The molecule has 0 heterocycles. The Labute approximate surface area is 100 Å². The van der Waals surface area contributed by atoms with Crippen molar-refractivity contribution in [2.24, 2.45) is 5.92 Å². The zero-order valence-corrected chi connectivity index (χ0v) is 11.1. The predicted octanol–water partition coefficient (Wildman–Crippen LogP) is 2.32. The Kier molecular flexibility index (Phi) is 10.5. The Morgan fingerprint density at radius 1 is 1.25 bits per heavy atom. The lowest BCUT2D eigenvalue weighted by Gasteiger charge is -2.15. The van der Waals surface area contributed by atoms with Crippen LogP contribution in [0.4, 0.5) is 0 Å².